The number of likely N-dealkylation sites (tertiary alicyclic amines) is 1. The molecule has 1 unspecified atom stereocenters. The van der Waals surface area contributed by atoms with E-state index in [4.69, 9.17) is 0 Å². The number of nitrogens with one attached hydrogen (secondary N) is 2. The number of urea groups is 1. The van der Waals surface area contributed by atoms with Crippen molar-refractivity contribution in [2.75, 3.05) is 6.54 Å². The van der Waals surface area contributed by atoms with Gasteiger partial charge in [0.15, 0.2) is 0 Å². The summed E-state index contributed by atoms with van der Waals surface area (Å²) >= 11 is 0. The van der Waals surface area contributed by atoms with E-state index in [-0.39, 0.29) is 18.0 Å². The molecule has 1 heterocycles. The van der Waals surface area contributed by atoms with E-state index in [0.717, 1.165) is 18.4 Å². The second-order valence-corrected chi connectivity index (χ2v) is 6.61. The lowest BCUT2D eigenvalue weighted by molar-refractivity contribution is -0.128. The van der Waals surface area contributed by atoms with Crippen molar-refractivity contribution in [2.45, 2.75) is 57.2 Å². The Kier molecular flexibility index (Phi) is 5.16. The molecule has 0 spiro atoms. The first-order valence-electron chi connectivity index (χ1n) is 8.59. The Hall–Kier alpha value is -2.04. The molecule has 124 valence electrons. The predicted octanol–water partition coefficient (Wildman–Crippen LogP) is 2.42. The summed E-state index contributed by atoms with van der Waals surface area (Å²) in [6.45, 7) is 1.20. The van der Waals surface area contributed by atoms with Crippen LogP contribution in [0, 0.1) is 0 Å². The standard InChI is InChI=1S/C18H25N3O2/c22-17-11-16(13-21(17)12-14-7-3-1-4-8-14)20-18(23)19-15-9-5-2-6-10-15/h1,3-4,7-8,15-16H,2,5-6,9-13H2,(H2,19,20,23). The molecule has 3 amide bonds. The van der Waals surface area contributed by atoms with E-state index in [2.05, 4.69) is 10.6 Å². The van der Waals surface area contributed by atoms with E-state index < -0.39 is 0 Å². The van der Waals surface area contributed by atoms with Crippen molar-refractivity contribution in [2.24, 2.45) is 0 Å². The molecule has 1 aliphatic carbocycles. The Labute approximate surface area is 137 Å². The molecular formula is C18H25N3O2. The number of rotatable bonds is 4. The molecule has 0 bridgehead atoms. The minimum Gasteiger partial charge on any atom is -0.336 e. The molecule has 2 N–H and O–H groups in total. The third-order valence-corrected chi connectivity index (χ3v) is 4.71. The minimum absolute atomic E-state index is 0.0881. The van der Waals surface area contributed by atoms with E-state index in [1.807, 2.05) is 35.2 Å². The first-order chi connectivity index (χ1) is 11.2. The predicted molar refractivity (Wildman–Crippen MR) is 88.8 cm³/mol. The van der Waals surface area contributed by atoms with Crippen molar-refractivity contribution < 1.29 is 9.59 Å². The van der Waals surface area contributed by atoms with Gasteiger partial charge in [-0.15, -0.1) is 0 Å². The molecule has 23 heavy (non-hydrogen) atoms. The summed E-state index contributed by atoms with van der Waals surface area (Å²) in [5.41, 5.74) is 1.12. The lowest BCUT2D eigenvalue weighted by atomic mass is 9.96. The Morgan fingerprint density at radius 2 is 1.74 bits per heavy atom. The van der Waals surface area contributed by atoms with Gasteiger partial charge in [-0.05, 0) is 18.4 Å². The van der Waals surface area contributed by atoms with Crippen LogP contribution in [0.4, 0.5) is 4.79 Å². The zero-order valence-electron chi connectivity index (χ0n) is 13.5. The number of carbonyl (C=O) groups excluding carboxylic acids is 2. The van der Waals surface area contributed by atoms with Crippen LogP contribution in [0.3, 0.4) is 0 Å². The molecular weight excluding hydrogens is 290 g/mol. The van der Waals surface area contributed by atoms with Crippen molar-refractivity contribution >= 4 is 11.9 Å². The molecule has 0 radical (unpaired) electrons. The minimum atomic E-state index is -0.128. The van der Waals surface area contributed by atoms with Gasteiger partial charge in [0.1, 0.15) is 0 Å². The molecule has 1 saturated heterocycles. The molecule has 5 nitrogen and oxygen atoms in total. The molecule has 1 aromatic rings. The Bertz CT molecular complexity index is 540. The molecule has 1 saturated carbocycles. The smallest absolute Gasteiger partial charge is 0.315 e. The van der Waals surface area contributed by atoms with Crippen LogP contribution in [-0.2, 0) is 11.3 Å². The summed E-state index contributed by atoms with van der Waals surface area (Å²) < 4.78 is 0. The second kappa shape index (κ2) is 7.49. The van der Waals surface area contributed by atoms with Crippen LogP contribution in [0.25, 0.3) is 0 Å². The number of carbonyl (C=O) groups is 2. The lowest BCUT2D eigenvalue weighted by Gasteiger charge is -2.24. The largest absolute Gasteiger partial charge is 0.336 e. The van der Waals surface area contributed by atoms with E-state index in [0.29, 0.717) is 25.6 Å². The number of hydrogen-bond acceptors (Lipinski definition) is 2. The Balaban J connectivity index is 1.46. The normalized spacial score (nSPS) is 22.2. The molecule has 3 rings (SSSR count). The average Bonchev–Trinajstić information content (AvgIpc) is 2.88. The van der Waals surface area contributed by atoms with Crippen LogP contribution in [-0.4, -0.2) is 35.5 Å². The number of amides is 3. The van der Waals surface area contributed by atoms with Gasteiger partial charge >= 0.3 is 6.03 Å². The van der Waals surface area contributed by atoms with Gasteiger partial charge in [0.2, 0.25) is 5.91 Å². The fraction of sp³-hybridized carbons (Fsp3) is 0.556. The van der Waals surface area contributed by atoms with Crippen molar-refractivity contribution in [3.05, 3.63) is 35.9 Å². The SMILES string of the molecule is O=C(NC1CCCCC1)NC1CC(=O)N(Cc2ccccc2)C1. The third-order valence-electron chi connectivity index (χ3n) is 4.71. The highest BCUT2D eigenvalue weighted by atomic mass is 16.2. The van der Waals surface area contributed by atoms with Crippen molar-refractivity contribution in [1.82, 2.24) is 15.5 Å². The summed E-state index contributed by atoms with van der Waals surface area (Å²) in [5.74, 6) is 0.108. The number of hydrogen-bond donors (Lipinski definition) is 2. The molecule has 1 aliphatic heterocycles. The zero-order chi connectivity index (χ0) is 16.1. The van der Waals surface area contributed by atoms with E-state index in [1.165, 1.54) is 19.3 Å². The highest BCUT2D eigenvalue weighted by Gasteiger charge is 2.30. The lowest BCUT2D eigenvalue weighted by Crippen LogP contribution is -2.47. The average molecular weight is 315 g/mol. The van der Waals surface area contributed by atoms with Crippen molar-refractivity contribution in [1.29, 1.82) is 0 Å². The van der Waals surface area contributed by atoms with Crippen LogP contribution in [0.15, 0.2) is 30.3 Å². The van der Waals surface area contributed by atoms with E-state index in [9.17, 15) is 9.59 Å². The first-order valence-corrected chi connectivity index (χ1v) is 8.59. The van der Waals surface area contributed by atoms with Gasteiger partial charge in [0, 0.05) is 25.6 Å². The van der Waals surface area contributed by atoms with Gasteiger partial charge < -0.3 is 15.5 Å². The highest BCUT2D eigenvalue weighted by Crippen LogP contribution is 2.18. The first kappa shape index (κ1) is 15.8. The van der Waals surface area contributed by atoms with Crippen LogP contribution in [0.1, 0.15) is 44.1 Å². The third kappa shape index (κ3) is 4.47. The molecule has 2 fully saturated rings. The summed E-state index contributed by atoms with van der Waals surface area (Å²) in [4.78, 5) is 26.0. The topological polar surface area (TPSA) is 61.4 Å². The highest BCUT2D eigenvalue weighted by molar-refractivity contribution is 5.81. The molecule has 1 aromatic carbocycles. The summed E-state index contributed by atoms with van der Waals surface area (Å²) in [7, 11) is 0. The Morgan fingerprint density at radius 1 is 1.04 bits per heavy atom. The van der Waals surface area contributed by atoms with E-state index in [1.54, 1.807) is 0 Å². The van der Waals surface area contributed by atoms with Crippen LogP contribution >= 0.6 is 0 Å². The number of nitrogens with zero attached hydrogens (tertiary/aromatic N) is 1. The van der Waals surface area contributed by atoms with Crippen molar-refractivity contribution in [3.8, 4) is 0 Å². The van der Waals surface area contributed by atoms with Crippen LogP contribution in [0.5, 0.6) is 0 Å². The van der Waals surface area contributed by atoms with E-state index >= 15 is 0 Å². The van der Waals surface area contributed by atoms with Crippen LogP contribution in [0.2, 0.25) is 0 Å². The van der Waals surface area contributed by atoms with Gasteiger partial charge in [-0.2, -0.15) is 0 Å². The van der Waals surface area contributed by atoms with Gasteiger partial charge in [0.25, 0.3) is 0 Å². The van der Waals surface area contributed by atoms with Crippen LogP contribution < -0.4 is 10.6 Å². The quantitative estimate of drug-likeness (QED) is 0.896. The fourth-order valence-electron chi connectivity index (χ4n) is 3.48. The molecule has 0 aromatic heterocycles. The maximum atomic E-state index is 12.1. The summed E-state index contributed by atoms with van der Waals surface area (Å²) in [6.07, 6.45) is 6.18. The number of benzene rings is 1. The summed E-state index contributed by atoms with van der Waals surface area (Å²) in [5, 5.41) is 6.01. The second-order valence-electron chi connectivity index (χ2n) is 6.61. The van der Waals surface area contributed by atoms with Gasteiger partial charge in [-0.25, -0.2) is 4.79 Å². The molecule has 1 atom stereocenters. The monoisotopic (exact) mass is 315 g/mol. The van der Waals surface area contributed by atoms with Gasteiger partial charge in [-0.1, -0.05) is 49.6 Å². The maximum Gasteiger partial charge on any atom is 0.315 e. The fourth-order valence-corrected chi connectivity index (χ4v) is 3.48. The van der Waals surface area contributed by atoms with Gasteiger partial charge in [0.05, 0.1) is 6.04 Å². The Morgan fingerprint density at radius 3 is 2.48 bits per heavy atom. The zero-order valence-corrected chi connectivity index (χ0v) is 13.5. The van der Waals surface area contributed by atoms with Crippen molar-refractivity contribution in [3.63, 3.8) is 0 Å². The maximum absolute atomic E-state index is 12.1. The molecule has 5 heteroatoms. The van der Waals surface area contributed by atoms with Gasteiger partial charge in [-0.3, -0.25) is 4.79 Å². The summed E-state index contributed by atoms with van der Waals surface area (Å²) in [6, 6.07) is 10.0. The molecule has 2 aliphatic rings.